The van der Waals surface area contributed by atoms with Crippen molar-refractivity contribution in [2.45, 2.75) is 0 Å². The van der Waals surface area contributed by atoms with Gasteiger partial charge in [0.1, 0.15) is 17.6 Å². The van der Waals surface area contributed by atoms with Crippen molar-refractivity contribution in [3.8, 4) is 23.5 Å². The fourth-order valence-electron chi connectivity index (χ4n) is 6.36. The number of rotatable bonds is 2. The zero-order valence-corrected chi connectivity index (χ0v) is 29.7. The van der Waals surface area contributed by atoms with E-state index in [1.165, 1.54) is 0 Å². The molecule has 0 saturated heterocycles. The van der Waals surface area contributed by atoms with E-state index in [1.54, 1.807) is 121 Å². The number of anilines is 2. The molecule has 0 bridgehead atoms. The molecular formula is C45H29FN6O5. The summed E-state index contributed by atoms with van der Waals surface area (Å²) < 4.78 is 15.5. The zero-order chi connectivity index (χ0) is 41.5. The highest BCUT2D eigenvalue weighted by Crippen LogP contribution is 2.34. The summed E-state index contributed by atoms with van der Waals surface area (Å²) >= 11 is 0. The number of aromatic amines is 1. The van der Waals surface area contributed by atoms with Gasteiger partial charge in [0, 0.05) is 44.5 Å². The molecule has 2 aliphatic rings. The second-order valence-corrected chi connectivity index (χ2v) is 12.4. The molecule has 0 spiro atoms. The minimum atomic E-state index is -1.00. The number of carbonyl (C=O) groups is 5. The molecule has 57 heavy (non-hydrogen) atoms. The number of H-pyrrole nitrogens is 1. The first-order chi connectivity index (χ1) is 28.1. The van der Waals surface area contributed by atoms with E-state index in [-0.39, 0.29) is 34.4 Å². The average molecular weight is 754 g/mol. The Labute approximate surface area is 326 Å². The predicted octanol–water partition coefficient (Wildman–Crippen LogP) is 7.46. The van der Waals surface area contributed by atoms with Gasteiger partial charge in [-0.3, -0.25) is 28.4 Å². The van der Waals surface area contributed by atoms with Crippen molar-refractivity contribution in [2.75, 3.05) is 18.6 Å². The third kappa shape index (κ3) is 7.17. The van der Waals surface area contributed by atoms with Crippen LogP contribution >= 0.6 is 0 Å². The molecule has 0 fully saturated rings. The number of fused-ring (bicyclic) bond motifs is 6. The Morgan fingerprint density at radius 3 is 1.60 bits per heavy atom. The molecule has 12 heteroatoms. The monoisotopic (exact) mass is 753 g/mol. The van der Waals surface area contributed by atoms with Crippen LogP contribution < -0.4 is 11.5 Å². The molecule has 0 radical (unpaired) electrons. The smallest absolute Gasteiger partial charge is 0.196 e. The summed E-state index contributed by atoms with van der Waals surface area (Å²) in [5.41, 5.74) is 18.6. The van der Waals surface area contributed by atoms with Crippen molar-refractivity contribution in [1.29, 1.82) is 10.5 Å². The molecular weight excluding hydrogens is 724 g/mol. The molecule has 0 atom stereocenters. The molecule has 1 heterocycles. The van der Waals surface area contributed by atoms with Crippen LogP contribution in [0.5, 0.6) is 0 Å². The van der Waals surface area contributed by atoms with Crippen LogP contribution in [-0.2, 0) is 0 Å². The number of nitriles is 2. The Kier molecular flexibility index (Phi) is 10.6. The number of hydrogen-bond donors (Lipinski definition) is 3. The van der Waals surface area contributed by atoms with Crippen LogP contribution in [0.25, 0.3) is 22.4 Å². The van der Waals surface area contributed by atoms with Gasteiger partial charge >= 0.3 is 0 Å². The maximum Gasteiger partial charge on any atom is 0.196 e. The average Bonchev–Trinajstić information content (AvgIpc) is 3.71. The van der Waals surface area contributed by atoms with Gasteiger partial charge in [0.25, 0.3) is 0 Å². The third-order valence-electron chi connectivity index (χ3n) is 9.17. The van der Waals surface area contributed by atoms with Crippen molar-refractivity contribution >= 4 is 51.8 Å². The lowest BCUT2D eigenvalue weighted by molar-refractivity contribution is 0.0980. The number of alkyl halides is 1. The highest BCUT2D eigenvalue weighted by molar-refractivity contribution is 6.32. The Hall–Kier alpha value is -8.35. The molecule has 2 aliphatic carbocycles. The SMILES string of the molecule is N#Cc1ccc(-c2nc3c4c(ccc3[nH]2)C(=O)c2ccccc2C4=O)cc1.N#Cc1ccc(C=O)cc1.Nc1ccc2c(c1N)C(=O)c1ccccc1C2=O.[2H]CF. The standard InChI is InChI=1S/C22H11N3O2.C14H10N2O2.C8H5NO.CH3F/c23-11-12-5-7-13(8-6-12)22-24-17-10-9-16-18(19(17)25-22)21(27)15-4-2-1-3-14(15)20(16)26;15-10-6-5-9-11(12(10)16)14(18)8-4-2-1-3-7(8)13(9)17;9-5-7-1-3-8(6-10)4-2-7;1-2/h1-10H,(H,24,25);1-6H,15-16H2;1-4,6H;1H3/i;;;1D. The molecule has 9 rings (SSSR count). The van der Waals surface area contributed by atoms with E-state index in [9.17, 15) is 28.4 Å². The summed E-state index contributed by atoms with van der Waals surface area (Å²) in [6.45, 7) is 0. The van der Waals surface area contributed by atoms with Gasteiger partial charge in [-0.05, 0) is 60.7 Å². The van der Waals surface area contributed by atoms with Gasteiger partial charge in [0.05, 0.1) is 59.8 Å². The molecule has 0 amide bonds. The van der Waals surface area contributed by atoms with Gasteiger partial charge in [0.15, 0.2) is 23.1 Å². The van der Waals surface area contributed by atoms with Crippen LogP contribution in [0.3, 0.4) is 0 Å². The summed E-state index contributed by atoms with van der Waals surface area (Å²) in [6.07, 6.45) is 0.751. The van der Waals surface area contributed by atoms with Crippen LogP contribution in [0.1, 0.15) is 86.5 Å². The van der Waals surface area contributed by atoms with Crippen LogP contribution in [0.15, 0.2) is 121 Å². The fraction of sp³-hybridized carbons (Fsp3) is 0.0222. The van der Waals surface area contributed by atoms with E-state index in [2.05, 4.69) is 16.0 Å². The number of imidazole rings is 1. The third-order valence-corrected chi connectivity index (χ3v) is 9.17. The van der Waals surface area contributed by atoms with E-state index >= 15 is 0 Å². The van der Waals surface area contributed by atoms with Crippen LogP contribution in [0.2, 0.25) is 0 Å². The molecule has 276 valence electrons. The molecule has 0 unspecified atom stereocenters. The van der Waals surface area contributed by atoms with Crippen molar-refractivity contribution in [3.05, 3.63) is 183 Å². The predicted molar refractivity (Wildman–Crippen MR) is 212 cm³/mol. The van der Waals surface area contributed by atoms with Crippen LogP contribution in [0.4, 0.5) is 15.8 Å². The topological polar surface area (TPSA) is 214 Å². The molecule has 5 N–H and O–H groups in total. The van der Waals surface area contributed by atoms with E-state index in [4.69, 9.17) is 23.4 Å². The molecule has 11 nitrogen and oxygen atoms in total. The Morgan fingerprint density at radius 2 is 1.09 bits per heavy atom. The number of ketones is 4. The Morgan fingerprint density at radius 1 is 0.632 bits per heavy atom. The molecule has 6 aromatic carbocycles. The number of nitrogens with two attached hydrogens (primary N) is 2. The van der Waals surface area contributed by atoms with Crippen LogP contribution in [-0.4, -0.2) is 46.5 Å². The van der Waals surface area contributed by atoms with Crippen molar-refractivity contribution in [2.24, 2.45) is 0 Å². The number of nitrogens with zero attached hydrogens (tertiary/aromatic N) is 3. The maximum atomic E-state index is 13.1. The Bertz CT molecular complexity index is 2870. The molecule has 7 aromatic rings. The van der Waals surface area contributed by atoms with Crippen molar-refractivity contribution in [1.82, 2.24) is 9.97 Å². The summed E-state index contributed by atoms with van der Waals surface area (Å²) in [7, 11) is -1.00. The number of carbonyl (C=O) groups excluding carboxylic acids is 5. The lowest BCUT2D eigenvalue weighted by Crippen LogP contribution is -2.22. The van der Waals surface area contributed by atoms with Gasteiger partial charge in [-0.15, -0.1) is 0 Å². The first-order valence-electron chi connectivity index (χ1n) is 17.7. The summed E-state index contributed by atoms with van der Waals surface area (Å²) in [4.78, 5) is 68.4. The Balaban J connectivity index is 0.000000157. The normalized spacial score (nSPS) is 11.9. The van der Waals surface area contributed by atoms with Crippen molar-refractivity contribution in [3.63, 3.8) is 0 Å². The quantitative estimate of drug-likeness (QED) is 0.117. The number of nitrogen functional groups attached to an aromatic ring is 2. The zero-order valence-electron chi connectivity index (χ0n) is 30.7. The first kappa shape index (κ1) is 37.0. The number of nitrogens with one attached hydrogen (secondary N) is 1. The second-order valence-electron chi connectivity index (χ2n) is 12.4. The lowest BCUT2D eigenvalue weighted by Gasteiger charge is -2.19. The largest absolute Gasteiger partial charge is 0.397 e. The number of benzene rings is 6. The number of hydrogen-bond acceptors (Lipinski definition) is 10. The minimum Gasteiger partial charge on any atom is -0.397 e. The van der Waals surface area contributed by atoms with Gasteiger partial charge in [-0.25, -0.2) is 4.98 Å². The van der Waals surface area contributed by atoms with E-state index in [1.807, 2.05) is 6.07 Å². The van der Waals surface area contributed by atoms with Gasteiger partial charge in [-0.2, -0.15) is 10.5 Å². The summed E-state index contributed by atoms with van der Waals surface area (Å²) in [6, 6.07) is 37.6. The lowest BCUT2D eigenvalue weighted by atomic mass is 9.83. The summed E-state index contributed by atoms with van der Waals surface area (Å²) in [5.74, 6) is -0.201. The molecule has 0 aliphatic heterocycles. The van der Waals surface area contributed by atoms with Gasteiger partial charge in [0.2, 0.25) is 0 Å². The fourth-order valence-corrected chi connectivity index (χ4v) is 6.36. The van der Waals surface area contributed by atoms with Crippen molar-refractivity contribution < 1.29 is 29.7 Å². The van der Waals surface area contributed by atoms with Gasteiger partial charge < -0.3 is 16.5 Å². The van der Waals surface area contributed by atoms with E-state index in [0.29, 0.717) is 78.2 Å². The minimum absolute atomic E-state index is 0.162. The first-order valence-corrected chi connectivity index (χ1v) is 16.9. The number of aldehydes is 1. The highest BCUT2D eigenvalue weighted by atomic mass is 19.1. The number of aromatic nitrogens is 2. The molecule has 0 saturated carbocycles. The number of halogens is 1. The summed E-state index contributed by atoms with van der Waals surface area (Å²) in [5, 5.41) is 17.3. The highest BCUT2D eigenvalue weighted by Gasteiger charge is 2.33. The molecule has 1 aromatic heterocycles. The van der Waals surface area contributed by atoms with Gasteiger partial charge in [-0.1, -0.05) is 60.7 Å². The van der Waals surface area contributed by atoms with E-state index < -0.39 is 7.15 Å². The second kappa shape index (κ2) is 16.3. The maximum absolute atomic E-state index is 13.1. The van der Waals surface area contributed by atoms with Crippen LogP contribution in [0, 0.1) is 22.7 Å². The van der Waals surface area contributed by atoms with E-state index in [0.717, 1.165) is 11.8 Å².